The summed E-state index contributed by atoms with van der Waals surface area (Å²) in [5, 5.41) is 21.6. The van der Waals surface area contributed by atoms with Crippen molar-refractivity contribution in [2.24, 2.45) is 17.6 Å². The van der Waals surface area contributed by atoms with Crippen LogP contribution < -0.4 is 5.73 Å². The summed E-state index contributed by atoms with van der Waals surface area (Å²) in [6.45, 7) is 4.69. The quantitative estimate of drug-likeness (QED) is 0.503. The lowest BCUT2D eigenvalue weighted by Crippen LogP contribution is -2.63. The first-order valence-electron chi connectivity index (χ1n) is 9.65. The zero-order valence-corrected chi connectivity index (χ0v) is 18.5. The third-order valence-electron chi connectivity index (χ3n) is 5.70. The summed E-state index contributed by atoms with van der Waals surface area (Å²) < 4.78 is 5.48. The molecule has 1 fully saturated rings. The highest BCUT2D eigenvalue weighted by Crippen LogP contribution is 2.52. The van der Waals surface area contributed by atoms with Gasteiger partial charge in [0.1, 0.15) is 12.4 Å². The summed E-state index contributed by atoms with van der Waals surface area (Å²) >= 11 is 2.65. The predicted molar refractivity (Wildman–Crippen MR) is 113 cm³/mol. The van der Waals surface area contributed by atoms with Crippen LogP contribution in [-0.4, -0.2) is 74.9 Å². The normalized spacial score (nSPS) is 26.5. The Morgan fingerprint density at radius 1 is 1.48 bits per heavy atom. The first-order valence-corrected chi connectivity index (χ1v) is 11.3. The molecule has 0 radical (unpaired) electrons. The van der Waals surface area contributed by atoms with E-state index in [0.717, 1.165) is 11.3 Å². The maximum absolute atomic E-state index is 12.4. The summed E-state index contributed by atoms with van der Waals surface area (Å²) in [6.07, 6.45) is 0.333. The number of β-lactam (4-membered cyclic amide) rings is 1. The van der Waals surface area contributed by atoms with Crippen LogP contribution in [-0.2, 0) is 14.3 Å². The minimum Gasteiger partial charge on any atom is -0.477 e. The van der Waals surface area contributed by atoms with Gasteiger partial charge in [0.05, 0.1) is 23.8 Å². The van der Waals surface area contributed by atoms with Gasteiger partial charge in [-0.1, -0.05) is 24.8 Å². The van der Waals surface area contributed by atoms with Crippen molar-refractivity contribution < 1.29 is 29.3 Å². The summed E-state index contributed by atoms with van der Waals surface area (Å²) in [5.41, 5.74) is 6.74. The number of carboxylic acid groups (broad SMARTS) is 1. The minimum absolute atomic E-state index is 0.0176. The van der Waals surface area contributed by atoms with Crippen molar-refractivity contribution in [2.75, 3.05) is 19.8 Å². The van der Waals surface area contributed by atoms with Crippen molar-refractivity contribution >= 4 is 46.6 Å². The summed E-state index contributed by atoms with van der Waals surface area (Å²) in [5.74, 6) is -2.32. The number of nitrogens with two attached hydrogens (primary N) is 1. The van der Waals surface area contributed by atoms with Crippen LogP contribution in [0.2, 0.25) is 0 Å². The molecule has 4 unspecified atom stereocenters. The van der Waals surface area contributed by atoms with Gasteiger partial charge >= 0.3 is 12.1 Å². The van der Waals surface area contributed by atoms with Crippen LogP contribution in [0.4, 0.5) is 4.79 Å². The molecule has 4 rings (SSSR count). The van der Waals surface area contributed by atoms with E-state index in [0.29, 0.717) is 22.3 Å². The van der Waals surface area contributed by atoms with Crippen molar-refractivity contribution in [3.05, 3.63) is 27.8 Å². The number of aromatic nitrogens is 1. The van der Waals surface area contributed by atoms with Gasteiger partial charge in [0.2, 0.25) is 5.91 Å². The van der Waals surface area contributed by atoms with Gasteiger partial charge in [-0.2, -0.15) is 0 Å². The van der Waals surface area contributed by atoms with Gasteiger partial charge in [0.15, 0.2) is 4.34 Å². The second-order valence-corrected chi connectivity index (χ2v) is 9.85. The fourth-order valence-electron chi connectivity index (χ4n) is 4.25. The minimum atomic E-state index is -1.16. The highest BCUT2D eigenvalue weighted by Gasteiger charge is 2.60. The number of hydrogen-bond donors (Lipinski definition) is 3. The van der Waals surface area contributed by atoms with E-state index in [1.54, 1.807) is 6.92 Å². The molecule has 1 aromatic heterocycles. The van der Waals surface area contributed by atoms with Crippen LogP contribution in [0.1, 0.15) is 19.5 Å². The number of carbonyl (C=O) groups is 3. The third kappa shape index (κ3) is 3.84. The van der Waals surface area contributed by atoms with Gasteiger partial charge < -0.3 is 25.6 Å². The monoisotopic (exact) mass is 466 g/mol. The number of amides is 2. The topological polar surface area (TPSA) is 146 Å². The van der Waals surface area contributed by atoms with Gasteiger partial charge in [0.25, 0.3) is 0 Å². The highest BCUT2D eigenvalue weighted by molar-refractivity contribution is 8.04. The molecule has 3 aliphatic heterocycles. The second-order valence-electron chi connectivity index (χ2n) is 7.71. The Kier molecular flexibility index (Phi) is 5.81. The number of primary amides is 1. The molecule has 12 heteroatoms. The zero-order valence-electron chi connectivity index (χ0n) is 16.8. The van der Waals surface area contributed by atoms with Gasteiger partial charge in [0, 0.05) is 29.3 Å². The van der Waals surface area contributed by atoms with E-state index in [1.165, 1.54) is 28.0 Å². The summed E-state index contributed by atoms with van der Waals surface area (Å²) in [6, 6.07) is -0.350. The average Bonchev–Trinajstić information content (AvgIpc) is 3.38. The molecular weight excluding hydrogens is 444 g/mol. The number of rotatable bonds is 7. The second kappa shape index (κ2) is 8.26. The number of thiazole rings is 1. The predicted octanol–water partition coefficient (Wildman–Crippen LogP) is 1.14. The van der Waals surface area contributed by atoms with Gasteiger partial charge in [-0.15, -0.1) is 11.3 Å². The molecule has 0 spiro atoms. The van der Waals surface area contributed by atoms with Gasteiger partial charge in [-0.05, 0) is 12.5 Å². The van der Waals surface area contributed by atoms with E-state index in [1.807, 2.05) is 23.3 Å². The lowest BCUT2D eigenvalue weighted by Gasteiger charge is -2.46. The molecule has 4 atom stereocenters. The van der Waals surface area contributed by atoms with Crippen LogP contribution in [0, 0.1) is 11.8 Å². The standard InChI is InChI=1S/C19H22N4O6S2/c1-8-13-12(9(2)24)16(25)23(13)14(17(26)27)15(8)31-19-21-11(6-30-19)10-3-4-22(5-10)7-29-18(20)28/h3,6,8-9,12-13,24H,4-5,7H2,1-2H3,(H2,20,28)(H,26,27). The number of nitrogens with zero attached hydrogens (tertiary/aromatic N) is 3. The Bertz CT molecular complexity index is 1000. The molecule has 1 saturated heterocycles. The Labute approximate surface area is 186 Å². The number of aliphatic hydroxyl groups is 1. The molecule has 31 heavy (non-hydrogen) atoms. The Morgan fingerprint density at radius 2 is 2.23 bits per heavy atom. The highest BCUT2D eigenvalue weighted by atomic mass is 32.2. The molecule has 0 bridgehead atoms. The number of fused-ring (bicyclic) bond motifs is 1. The lowest BCUT2D eigenvalue weighted by molar-refractivity contribution is -0.163. The summed E-state index contributed by atoms with van der Waals surface area (Å²) in [4.78, 5) is 43.5. The molecule has 2 amide bonds. The number of ether oxygens (including phenoxy) is 1. The number of thioether (sulfide) groups is 1. The first kappa shape index (κ1) is 21.8. The number of carbonyl (C=O) groups excluding carboxylic acids is 2. The lowest BCUT2D eigenvalue weighted by atomic mass is 9.79. The molecule has 0 aromatic carbocycles. The molecular formula is C19H22N4O6S2. The third-order valence-corrected chi connectivity index (χ3v) is 7.92. The SMILES string of the molecule is CC(O)C1C(=O)N2C(C(=O)O)=C(Sc3nc(C4=CCN(COC(N)=O)C4)cs3)C(C)C12. The molecule has 0 aliphatic carbocycles. The summed E-state index contributed by atoms with van der Waals surface area (Å²) in [7, 11) is 0. The number of aliphatic hydroxyl groups excluding tert-OH is 1. The van der Waals surface area contributed by atoms with Crippen molar-refractivity contribution in [3.63, 3.8) is 0 Å². The van der Waals surface area contributed by atoms with E-state index < -0.39 is 24.1 Å². The van der Waals surface area contributed by atoms with Crippen LogP contribution in [0.15, 0.2) is 26.4 Å². The Hall–Kier alpha value is -2.41. The van der Waals surface area contributed by atoms with E-state index >= 15 is 0 Å². The number of aliphatic carboxylic acids is 1. The van der Waals surface area contributed by atoms with Crippen LogP contribution in [0.3, 0.4) is 0 Å². The van der Waals surface area contributed by atoms with Crippen LogP contribution in [0.25, 0.3) is 5.57 Å². The zero-order chi connectivity index (χ0) is 22.4. The van der Waals surface area contributed by atoms with E-state index in [9.17, 15) is 24.6 Å². The number of carboxylic acids is 1. The Morgan fingerprint density at radius 3 is 2.87 bits per heavy atom. The molecule has 4 N–H and O–H groups in total. The smallest absolute Gasteiger partial charge is 0.405 e. The fourth-order valence-corrected chi connectivity index (χ4v) is 6.36. The molecule has 1 aromatic rings. The fraction of sp³-hybridized carbons (Fsp3) is 0.474. The Balaban J connectivity index is 1.49. The van der Waals surface area contributed by atoms with E-state index in [2.05, 4.69) is 4.98 Å². The first-order chi connectivity index (χ1) is 14.7. The van der Waals surface area contributed by atoms with Crippen molar-refractivity contribution in [1.82, 2.24) is 14.8 Å². The number of hydrogen-bond acceptors (Lipinski definition) is 9. The average molecular weight is 467 g/mol. The van der Waals surface area contributed by atoms with Gasteiger partial charge in [-0.25, -0.2) is 14.6 Å². The van der Waals surface area contributed by atoms with Crippen LogP contribution in [0.5, 0.6) is 0 Å². The van der Waals surface area contributed by atoms with Crippen molar-refractivity contribution in [2.45, 2.75) is 30.3 Å². The van der Waals surface area contributed by atoms with Gasteiger partial charge in [-0.3, -0.25) is 9.69 Å². The maximum Gasteiger partial charge on any atom is 0.405 e. The molecule has 3 aliphatic rings. The molecule has 4 heterocycles. The van der Waals surface area contributed by atoms with Crippen LogP contribution >= 0.6 is 23.1 Å². The largest absolute Gasteiger partial charge is 0.477 e. The van der Waals surface area contributed by atoms with Crippen molar-refractivity contribution in [3.8, 4) is 0 Å². The molecule has 0 saturated carbocycles. The van der Waals surface area contributed by atoms with E-state index in [-0.39, 0.29) is 30.3 Å². The molecule has 166 valence electrons. The van der Waals surface area contributed by atoms with E-state index in [4.69, 9.17) is 10.5 Å². The molecule has 10 nitrogen and oxygen atoms in total. The maximum atomic E-state index is 12.4. The van der Waals surface area contributed by atoms with Crippen molar-refractivity contribution in [1.29, 1.82) is 0 Å².